The van der Waals surface area contributed by atoms with Crippen LogP contribution in [0.25, 0.3) is 0 Å². The Labute approximate surface area is 109 Å². The van der Waals surface area contributed by atoms with Crippen LogP contribution in [0.5, 0.6) is 0 Å². The summed E-state index contributed by atoms with van der Waals surface area (Å²) in [5.41, 5.74) is -0.383. The summed E-state index contributed by atoms with van der Waals surface area (Å²) in [5.74, 6) is -2.36. The number of halogens is 2. The smallest absolute Gasteiger partial charge is 0.256 e. The number of rotatable bonds is 2. The average Bonchev–Trinajstić information content (AvgIpc) is 2.71. The normalized spacial score (nSPS) is 21.3. The molecule has 0 aliphatic carbocycles. The van der Waals surface area contributed by atoms with Crippen LogP contribution >= 0.6 is 0 Å². The van der Waals surface area contributed by atoms with Crippen LogP contribution < -0.4 is 0 Å². The van der Waals surface area contributed by atoms with Crippen molar-refractivity contribution in [3.63, 3.8) is 0 Å². The van der Waals surface area contributed by atoms with E-state index in [0.29, 0.717) is 6.42 Å². The molecule has 1 saturated heterocycles. The first-order valence-electron chi connectivity index (χ1n) is 5.73. The predicted octanol–water partition coefficient (Wildman–Crippen LogP) is 1.22. The fourth-order valence-electron chi connectivity index (χ4n) is 2.10. The molecule has 1 aliphatic rings. The van der Waals surface area contributed by atoms with Crippen molar-refractivity contribution in [1.82, 2.24) is 4.90 Å². The van der Waals surface area contributed by atoms with Gasteiger partial charge in [-0.2, -0.15) is 0 Å². The van der Waals surface area contributed by atoms with E-state index in [1.165, 1.54) is 11.9 Å². The third-order valence-electron chi connectivity index (χ3n) is 3.24. The second-order valence-corrected chi connectivity index (χ2v) is 6.83. The van der Waals surface area contributed by atoms with E-state index in [1.807, 2.05) is 0 Å². The molecule has 104 valence electrons. The summed E-state index contributed by atoms with van der Waals surface area (Å²) < 4.78 is 49.2. The molecule has 1 aromatic carbocycles. The van der Waals surface area contributed by atoms with Crippen LogP contribution in [0.15, 0.2) is 18.2 Å². The van der Waals surface area contributed by atoms with Crippen molar-refractivity contribution in [1.29, 1.82) is 0 Å². The van der Waals surface area contributed by atoms with Crippen LogP contribution in [0.1, 0.15) is 16.8 Å². The standard InChI is InChI=1S/C12H13F2NO3S/c1-15(9-4-5-19(17,18)7-9)12(16)10-6-8(13)2-3-11(10)14/h2-3,6,9H,4-5,7H2,1H3/t9-/m1/s1. The number of benzene rings is 1. The summed E-state index contributed by atoms with van der Waals surface area (Å²) in [7, 11) is -1.74. The van der Waals surface area contributed by atoms with E-state index in [9.17, 15) is 22.0 Å². The molecule has 0 radical (unpaired) electrons. The number of sulfone groups is 1. The lowest BCUT2D eigenvalue weighted by molar-refractivity contribution is 0.0742. The van der Waals surface area contributed by atoms with Crippen molar-refractivity contribution in [2.75, 3.05) is 18.6 Å². The van der Waals surface area contributed by atoms with Crippen LogP contribution in [0.4, 0.5) is 8.78 Å². The lowest BCUT2D eigenvalue weighted by Gasteiger charge is -2.23. The van der Waals surface area contributed by atoms with E-state index in [0.717, 1.165) is 18.2 Å². The Morgan fingerprint density at radius 1 is 1.37 bits per heavy atom. The summed E-state index contributed by atoms with van der Waals surface area (Å²) in [4.78, 5) is 13.2. The van der Waals surface area contributed by atoms with Gasteiger partial charge in [-0.1, -0.05) is 0 Å². The zero-order valence-electron chi connectivity index (χ0n) is 10.3. The molecule has 1 aliphatic heterocycles. The molecular weight excluding hydrogens is 276 g/mol. The first kappa shape index (κ1) is 13.9. The van der Waals surface area contributed by atoms with Gasteiger partial charge in [-0.25, -0.2) is 17.2 Å². The minimum atomic E-state index is -3.14. The van der Waals surface area contributed by atoms with Crippen molar-refractivity contribution < 1.29 is 22.0 Å². The summed E-state index contributed by atoms with van der Waals surface area (Å²) in [6, 6.07) is 2.13. The minimum absolute atomic E-state index is 0.0148. The van der Waals surface area contributed by atoms with E-state index in [2.05, 4.69) is 0 Å². The molecule has 1 aromatic rings. The van der Waals surface area contributed by atoms with Gasteiger partial charge in [0.15, 0.2) is 9.84 Å². The van der Waals surface area contributed by atoms with E-state index in [4.69, 9.17) is 0 Å². The Balaban J connectivity index is 2.22. The van der Waals surface area contributed by atoms with Crippen LogP contribution in [0.3, 0.4) is 0 Å². The monoisotopic (exact) mass is 289 g/mol. The second-order valence-electron chi connectivity index (χ2n) is 4.60. The van der Waals surface area contributed by atoms with E-state index < -0.39 is 33.4 Å². The number of amides is 1. The summed E-state index contributed by atoms with van der Waals surface area (Å²) >= 11 is 0. The highest BCUT2D eigenvalue weighted by molar-refractivity contribution is 7.91. The molecule has 1 atom stereocenters. The Hall–Kier alpha value is -1.50. The van der Waals surface area contributed by atoms with Gasteiger partial charge in [0.05, 0.1) is 17.1 Å². The maximum atomic E-state index is 13.5. The fourth-order valence-corrected chi connectivity index (χ4v) is 3.87. The van der Waals surface area contributed by atoms with Crippen LogP contribution in [0, 0.1) is 11.6 Å². The Morgan fingerprint density at radius 2 is 2.05 bits per heavy atom. The Bertz CT molecular complexity index is 615. The van der Waals surface area contributed by atoms with E-state index >= 15 is 0 Å². The van der Waals surface area contributed by atoms with Crippen molar-refractivity contribution in [2.45, 2.75) is 12.5 Å². The largest absolute Gasteiger partial charge is 0.338 e. The molecule has 0 spiro atoms. The van der Waals surface area contributed by atoms with Crippen molar-refractivity contribution >= 4 is 15.7 Å². The molecular formula is C12H13F2NO3S. The van der Waals surface area contributed by atoms with Gasteiger partial charge in [-0.3, -0.25) is 4.79 Å². The number of hydrogen-bond donors (Lipinski definition) is 0. The molecule has 2 rings (SSSR count). The molecule has 0 aromatic heterocycles. The van der Waals surface area contributed by atoms with Gasteiger partial charge in [0.1, 0.15) is 11.6 Å². The van der Waals surface area contributed by atoms with Crippen LogP contribution in [0.2, 0.25) is 0 Å². The van der Waals surface area contributed by atoms with Gasteiger partial charge < -0.3 is 4.90 Å². The number of carbonyl (C=O) groups is 1. The van der Waals surface area contributed by atoms with Crippen molar-refractivity contribution in [2.24, 2.45) is 0 Å². The molecule has 0 N–H and O–H groups in total. The van der Waals surface area contributed by atoms with Gasteiger partial charge >= 0.3 is 0 Å². The third kappa shape index (κ3) is 2.91. The molecule has 4 nitrogen and oxygen atoms in total. The number of carbonyl (C=O) groups excluding carboxylic acids is 1. The maximum Gasteiger partial charge on any atom is 0.256 e. The van der Waals surface area contributed by atoms with Crippen molar-refractivity contribution in [3.8, 4) is 0 Å². The molecule has 7 heteroatoms. The summed E-state index contributed by atoms with van der Waals surface area (Å²) in [6.07, 6.45) is 0.321. The summed E-state index contributed by atoms with van der Waals surface area (Å²) in [6.45, 7) is 0. The lowest BCUT2D eigenvalue weighted by Crippen LogP contribution is -2.38. The van der Waals surface area contributed by atoms with Gasteiger partial charge in [0, 0.05) is 13.1 Å². The van der Waals surface area contributed by atoms with Crippen LogP contribution in [-0.4, -0.2) is 43.8 Å². The Kier molecular flexibility index (Phi) is 3.58. The van der Waals surface area contributed by atoms with Crippen molar-refractivity contribution in [3.05, 3.63) is 35.4 Å². The zero-order chi connectivity index (χ0) is 14.2. The lowest BCUT2D eigenvalue weighted by atomic mass is 10.1. The SMILES string of the molecule is CN(C(=O)c1cc(F)ccc1F)[C@@H]1CCS(=O)(=O)C1. The Morgan fingerprint density at radius 3 is 2.63 bits per heavy atom. The average molecular weight is 289 g/mol. The number of nitrogens with zero attached hydrogens (tertiary/aromatic N) is 1. The first-order valence-corrected chi connectivity index (χ1v) is 7.55. The number of hydrogen-bond acceptors (Lipinski definition) is 3. The zero-order valence-corrected chi connectivity index (χ0v) is 11.1. The van der Waals surface area contributed by atoms with E-state index in [1.54, 1.807) is 0 Å². The van der Waals surface area contributed by atoms with Gasteiger partial charge in [0.2, 0.25) is 0 Å². The van der Waals surface area contributed by atoms with Gasteiger partial charge in [0.25, 0.3) is 5.91 Å². The van der Waals surface area contributed by atoms with Crippen LogP contribution in [-0.2, 0) is 9.84 Å². The molecule has 1 amide bonds. The molecule has 1 heterocycles. The topological polar surface area (TPSA) is 54.5 Å². The second kappa shape index (κ2) is 4.88. The van der Waals surface area contributed by atoms with E-state index in [-0.39, 0.29) is 17.1 Å². The molecule has 0 saturated carbocycles. The third-order valence-corrected chi connectivity index (χ3v) is 4.99. The minimum Gasteiger partial charge on any atom is -0.338 e. The highest BCUT2D eigenvalue weighted by Crippen LogP contribution is 2.20. The summed E-state index contributed by atoms with van der Waals surface area (Å²) in [5, 5.41) is 0. The molecule has 19 heavy (non-hydrogen) atoms. The quantitative estimate of drug-likeness (QED) is 0.822. The predicted molar refractivity (Wildman–Crippen MR) is 65.5 cm³/mol. The molecule has 0 bridgehead atoms. The molecule has 1 fully saturated rings. The molecule has 0 unspecified atom stereocenters. The highest BCUT2D eigenvalue weighted by Gasteiger charge is 2.33. The first-order chi connectivity index (χ1) is 8.80. The fraction of sp³-hybridized carbons (Fsp3) is 0.417. The van der Waals surface area contributed by atoms with Gasteiger partial charge in [-0.05, 0) is 24.6 Å². The maximum absolute atomic E-state index is 13.5. The van der Waals surface area contributed by atoms with Gasteiger partial charge in [-0.15, -0.1) is 0 Å². The highest BCUT2D eigenvalue weighted by atomic mass is 32.2.